The number of halogens is 1. The first-order valence-electron chi connectivity index (χ1n) is 7.61. The summed E-state index contributed by atoms with van der Waals surface area (Å²) >= 11 is 0. The van der Waals surface area contributed by atoms with E-state index in [-0.39, 0.29) is 12.3 Å². The molecule has 1 rings (SSSR count). The van der Waals surface area contributed by atoms with E-state index in [4.69, 9.17) is 20.6 Å². The number of nitrogens with two attached hydrogens (primary N) is 1. The van der Waals surface area contributed by atoms with Gasteiger partial charge in [-0.25, -0.2) is 9.18 Å². The van der Waals surface area contributed by atoms with Gasteiger partial charge < -0.3 is 31.3 Å². The SMILES string of the molecule is CN/C(=C(/N)C=N)C1CC[C@@H](NC(=O)OC(C)(C)C)[C@H](F)CO1. The Hall–Kier alpha value is -1.83. The van der Waals surface area contributed by atoms with Gasteiger partial charge in [-0.3, -0.25) is 0 Å². The Labute approximate surface area is 136 Å². The third kappa shape index (κ3) is 6.05. The first kappa shape index (κ1) is 19.2. The number of carbonyl (C=O) groups is 1. The molecule has 0 spiro atoms. The largest absolute Gasteiger partial charge is 0.444 e. The van der Waals surface area contributed by atoms with Crippen molar-refractivity contribution in [2.45, 2.75) is 57.5 Å². The molecule has 1 fully saturated rings. The van der Waals surface area contributed by atoms with Crippen LogP contribution in [-0.4, -0.2) is 49.9 Å². The lowest BCUT2D eigenvalue weighted by molar-refractivity contribution is 0.0346. The Bertz CT molecular complexity index is 462. The fourth-order valence-electron chi connectivity index (χ4n) is 2.34. The highest BCUT2D eigenvalue weighted by atomic mass is 19.1. The van der Waals surface area contributed by atoms with Gasteiger partial charge in [0.1, 0.15) is 11.8 Å². The molecule has 7 nitrogen and oxygen atoms in total. The minimum Gasteiger partial charge on any atom is -0.444 e. The second-order valence-electron chi connectivity index (χ2n) is 6.43. The highest BCUT2D eigenvalue weighted by molar-refractivity contribution is 5.75. The Kier molecular flexibility index (Phi) is 6.80. The molecule has 23 heavy (non-hydrogen) atoms. The summed E-state index contributed by atoms with van der Waals surface area (Å²) in [4.78, 5) is 11.8. The van der Waals surface area contributed by atoms with E-state index >= 15 is 0 Å². The maximum atomic E-state index is 14.2. The lowest BCUT2D eigenvalue weighted by Crippen LogP contribution is -2.44. The zero-order valence-electron chi connectivity index (χ0n) is 14.1. The lowest BCUT2D eigenvalue weighted by atomic mass is 10.0. The van der Waals surface area contributed by atoms with Crippen molar-refractivity contribution in [2.24, 2.45) is 5.73 Å². The fourth-order valence-corrected chi connectivity index (χ4v) is 2.34. The highest BCUT2D eigenvalue weighted by Crippen LogP contribution is 2.21. The predicted octanol–water partition coefficient (Wildman–Crippen LogP) is 1.44. The maximum absolute atomic E-state index is 14.2. The molecule has 0 aliphatic carbocycles. The zero-order valence-corrected chi connectivity index (χ0v) is 14.1. The van der Waals surface area contributed by atoms with E-state index in [0.717, 1.165) is 6.21 Å². The van der Waals surface area contributed by atoms with Gasteiger partial charge in [0.2, 0.25) is 0 Å². The Balaban J connectivity index is 2.71. The van der Waals surface area contributed by atoms with Crippen LogP contribution >= 0.6 is 0 Å². The Morgan fingerprint density at radius 2 is 2.09 bits per heavy atom. The molecule has 1 unspecified atom stereocenters. The minimum absolute atomic E-state index is 0.165. The van der Waals surface area contributed by atoms with Crippen molar-refractivity contribution in [3.05, 3.63) is 11.4 Å². The van der Waals surface area contributed by atoms with E-state index in [1.807, 2.05) is 0 Å². The minimum atomic E-state index is -1.34. The van der Waals surface area contributed by atoms with Crippen molar-refractivity contribution in [1.29, 1.82) is 5.41 Å². The van der Waals surface area contributed by atoms with Crippen molar-refractivity contribution in [3.8, 4) is 0 Å². The summed E-state index contributed by atoms with van der Waals surface area (Å²) in [5, 5.41) is 12.7. The van der Waals surface area contributed by atoms with E-state index in [1.54, 1.807) is 27.8 Å². The quantitative estimate of drug-likeness (QED) is 0.583. The van der Waals surface area contributed by atoms with Gasteiger partial charge in [0, 0.05) is 13.3 Å². The zero-order chi connectivity index (χ0) is 17.6. The van der Waals surface area contributed by atoms with Crippen molar-refractivity contribution >= 4 is 12.3 Å². The monoisotopic (exact) mass is 330 g/mol. The summed E-state index contributed by atoms with van der Waals surface area (Å²) in [5.41, 5.74) is 5.89. The van der Waals surface area contributed by atoms with Gasteiger partial charge in [-0.15, -0.1) is 0 Å². The number of hydrogen-bond acceptors (Lipinski definition) is 6. The van der Waals surface area contributed by atoms with Crippen LogP contribution in [0, 0.1) is 5.41 Å². The number of ether oxygens (including phenoxy) is 2. The van der Waals surface area contributed by atoms with Crippen LogP contribution in [0.25, 0.3) is 0 Å². The van der Waals surface area contributed by atoms with E-state index < -0.39 is 30.0 Å². The van der Waals surface area contributed by atoms with Gasteiger partial charge >= 0.3 is 6.09 Å². The predicted molar refractivity (Wildman–Crippen MR) is 86.1 cm³/mol. The van der Waals surface area contributed by atoms with Crippen LogP contribution in [-0.2, 0) is 9.47 Å². The molecule has 1 aliphatic heterocycles. The van der Waals surface area contributed by atoms with Crippen molar-refractivity contribution < 1.29 is 18.7 Å². The van der Waals surface area contributed by atoms with Gasteiger partial charge in [-0.2, -0.15) is 0 Å². The smallest absolute Gasteiger partial charge is 0.407 e. The molecule has 8 heteroatoms. The van der Waals surface area contributed by atoms with Gasteiger partial charge in [0.05, 0.1) is 30.1 Å². The second kappa shape index (κ2) is 8.14. The van der Waals surface area contributed by atoms with Crippen molar-refractivity contribution in [2.75, 3.05) is 13.7 Å². The number of nitrogens with one attached hydrogen (secondary N) is 3. The number of hydrogen-bond donors (Lipinski definition) is 4. The molecule has 3 atom stereocenters. The molecule has 0 aromatic carbocycles. The van der Waals surface area contributed by atoms with Gasteiger partial charge in [-0.05, 0) is 33.6 Å². The number of alkyl carbamates (subject to hydrolysis) is 1. The number of allylic oxidation sites excluding steroid dienone is 1. The van der Waals surface area contributed by atoms with E-state index in [2.05, 4.69) is 10.6 Å². The normalized spacial score (nSPS) is 26.6. The van der Waals surface area contributed by atoms with Gasteiger partial charge in [0.25, 0.3) is 0 Å². The van der Waals surface area contributed by atoms with Gasteiger partial charge in [0.15, 0.2) is 0 Å². The van der Waals surface area contributed by atoms with Crippen LogP contribution in [0.4, 0.5) is 9.18 Å². The highest BCUT2D eigenvalue weighted by Gasteiger charge is 2.32. The molecule has 1 heterocycles. The molecule has 0 aromatic rings. The molecule has 0 bridgehead atoms. The van der Waals surface area contributed by atoms with Crippen LogP contribution in [0.5, 0.6) is 0 Å². The molecular formula is C15H27FN4O3. The Morgan fingerprint density at radius 3 is 2.61 bits per heavy atom. The summed E-state index contributed by atoms with van der Waals surface area (Å²) in [6.45, 7) is 5.07. The number of carbonyl (C=O) groups excluding carboxylic acids is 1. The van der Waals surface area contributed by atoms with Crippen LogP contribution in [0.2, 0.25) is 0 Å². The first-order valence-corrected chi connectivity index (χ1v) is 7.61. The molecule has 1 saturated heterocycles. The fraction of sp³-hybridized carbons (Fsp3) is 0.733. The molecular weight excluding hydrogens is 303 g/mol. The molecule has 1 aliphatic rings. The van der Waals surface area contributed by atoms with Crippen LogP contribution in [0.15, 0.2) is 11.4 Å². The number of alkyl halides is 1. The maximum Gasteiger partial charge on any atom is 0.407 e. The van der Waals surface area contributed by atoms with E-state index in [9.17, 15) is 9.18 Å². The summed E-state index contributed by atoms with van der Waals surface area (Å²) in [7, 11) is 1.67. The number of rotatable bonds is 4. The second-order valence-corrected chi connectivity index (χ2v) is 6.43. The topological polar surface area (TPSA) is 109 Å². The summed E-state index contributed by atoms with van der Waals surface area (Å²) < 4.78 is 24.9. The van der Waals surface area contributed by atoms with E-state index in [0.29, 0.717) is 18.5 Å². The molecule has 1 amide bonds. The average molecular weight is 330 g/mol. The van der Waals surface area contributed by atoms with Crippen LogP contribution in [0.3, 0.4) is 0 Å². The molecule has 0 aromatic heterocycles. The molecule has 5 N–H and O–H groups in total. The molecule has 0 radical (unpaired) electrons. The third-order valence-corrected chi connectivity index (χ3v) is 3.39. The number of amides is 1. The molecule has 0 saturated carbocycles. The van der Waals surface area contributed by atoms with Crippen molar-refractivity contribution in [1.82, 2.24) is 10.6 Å². The number of likely N-dealkylation sites (N-methyl/N-ethyl adjacent to an activating group) is 1. The van der Waals surface area contributed by atoms with Crippen molar-refractivity contribution in [3.63, 3.8) is 0 Å². The summed E-state index contributed by atoms with van der Waals surface area (Å²) in [6.07, 6.45) is -0.569. The summed E-state index contributed by atoms with van der Waals surface area (Å²) in [6, 6.07) is -0.686. The lowest BCUT2D eigenvalue weighted by Gasteiger charge is -2.24. The van der Waals surface area contributed by atoms with Gasteiger partial charge in [-0.1, -0.05) is 0 Å². The summed E-state index contributed by atoms with van der Waals surface area (Å²) in [5.74, 6) is 0. The third-order valence-electron chi connectivity index (χ3n) is 3.39. The standard InChI is InChI=1S/C15H27FN4O3/c1-15(2,3)23-14(21)20-11-5-6-12(22-8-9(11)16)13(19-4)10(18)7-17/h7,9,11-12,17,19H,5-6,8,18H2,1-4H3,(H,20,21)/b13-10+,17-7?/t9-,11-,12?/m1/s1. The average Bonchev–Trinajstić information content (AvgIpc) is 2.61. The molecule has 132 valence electrons. The van der Waals surface area contributed by atoms with Crippen LogP contribution in [0.1, 0.15) is 33.6 Å². The van der Waals surface area contributed by atoms with Crippen LogP contribution < -0.4 is 16.4 Å². The Morgan fingerprint density at radius 1 is 1.43 bits per heavy atom. The first-order chi connectivity index (χ1) is 10.7. The van der Waals surface area contributed by atoms with E-state index in [1.165, 1.54) is 0 Å².